The first-order valence-corrected chi connectivity index (χ1v) is 14.9. The number of nitrogens with zero attached hydrogens (tertiary/aromatic N) is 4. The first kappa shape index (κ1) is 33.1. The molecule has 0 radical (unpaired) electrons. The molecule has 0 bridgehead atoms. The zero-order chi connectivity index (χ0) is 32.6. The summed E-state index contributed by atoms with van der Waals surface area (Å²) in [4.78, 5) is 48.1. The van der Waals surface area contributed by atoms with Crippen molar-refractivity contribution in [1.29, 1.82) is 0 Å². The van der Waals surface area contributed by atoms with Gasteiger partial charge in [-0.05, 0) is 55.2 Å². The largest absolute Gasteiger partial charge is 0.454 e. The number of carbonyl (C=O) groups excluding carboxylic acids is 3. The van der Waals surface area contributed by atoms with Crippen molar-refractivity contribution in [2.45, 2.75) is 64.3 Å². The van der Waals surface area contributed by atoms with E-state index >= 15 is 0 Å². The number of aromatic nitrogens is 2. The van der Waals surface area contributed by atoms with Crippen LogP contribution in [0.3, 0.4) is 0 Å². The van der Waals surface area contributed by atoms with Gasteiger partial charge in [-0.2, -0.15) is 4.98 Å². The highest BCUT2D eigenvalue weighted by molar-refractivity contribution is 5.94. The van der Waals surface area contributed by atoms with Gasteiger partial charge in [0.2, 0.25) is 11.8 Å². The maximum Gasteiger partial charge on any atom is 0.329 e. The number of carbonyl (C=O) groups is 3. The Morgan fingerprint density at radius 2 is 1.58 bits per heavy atom. The van der Waals surface area contributed by atoms with E-state index < -0.39 is 29.5 Å². The minimum atomic E-state index is -0.986. The van der Waals surface area contributed by atoms with Crippen LogP contribution in [0.25, 0.3) is 10.8 Å². The third-order valence-electron chi connectivity index (χ3n) is 7.51. The van der Waals surface area contributed by atoms with E-state index in [2.05, 4.69) is 10.1 Å². The molecule has 236 valence electrons. The first-order valence-electron chi connectivity index (χ1n) is 14.9. The Bertz CT molecular complexity index is 1640. The monoisotopic (exact) mass is 611 g/mol. The number of hydrogen-bond donors (Lipinski definition) is 1. The Morgan fingerprint density at radius 3 is 2.24 bits per heavy atom. The molecular formula is C35H41N5O5. The second-order valence-electron chi connectivity index (χ2n) is 11.9. The molecule has 10 nitrogen and oxygen atoms in total. The normalized spacial score (nSPS) is 13.0. The smallest absolute Gasteiger partial charge is 0.329 e. The molecule has 2 amide bonds. The topological polar surface area (TPSA) is 132 Å². The quantitative estimate of drug-likeness (QED) is 0.174. The molecule has 1 aromatic heterocycles. The predicted octanol–water partition coefficient (Wildman–Crippen LogP) is 4.40. The summed E-state index contributed by atoms with van der Waals surface area (Å²) >= 11 is 0. The lowest BCUT2D eigenvalue weighted by Gasteiger charge is -2.34. The molecule has 0 aliphatic carbocycles. The highest BCUT2D eigenvalue weighted by Gasteiger charge is 2.35. The van der Waals surface area contributed by atoms with Crippen LogP contribution in [0.1, 0.15) is 43.1 Å². The van der Waals surface area contributed by atoms with E-state index in [0.29, 0.717) is 12.2 Å². The Balaban J connectivity index is 1.63. The van der Waals surface area contributed by atoms with Crippen molar-refractivity contribution in [3.63, 3.8) is 0 Å². The summed E-state index contributed by atoms with van der Waals surface area (Å²) in [5.41, 5.74) is 7.32. The number of amides is 2. The Hall–Kier alpha value is -4.83. The molecule has 4 rings (SSSR count). The number of esters is 1. The van der Waals surface area contributed by atoms with Crippen LogP contribution in [0.15, 0.2) is 89.5 Å². The van der Waals surface area contributed by atoms with Crippen molar-refractivity contribution in [3.8, 4) is 0 Å². The highest BCUT2D eigenvalue weighted by atomic mass is 16.6. The fourth-order valence-electron chi connectivity index (χ4n) is 4.95. The van der Waals surface area contributed by atoms with Crippen LogP contribution in [0.4, 0.5) is 0 Å². The van der Waals surface area contributed by atoms with Crippen LogP contribution in [0, 0.1) is 6.92 Å². The van der Waals surface area contributed by atoms with Crippen molar-refractivity contribution in [3.05, 3.63) is 108 Å². The standard InChI is InChI=1S/C35H41N5O5/c1-24-37-31(45-38-24)23-44-34(43)30(21-25-12-7-6-8-13-25)40(5)33(42)29(39(4)32(41)16-11-19-35(2,3)36)22-26-17-18-27-14-9-10-15-28(27)20-26/h6-18,20,29-30H,19,21-23,36H2,1-5H3/t29-,30-/m1/s1. The summed E-state index contributed by atoms with van der Waals surface area (Å²) in [6, 6.07) is 21.4. The summed E-state index contributed by atoms with van der Waals surface area (Å²) in [6.07, 6.45) is 4.09. The van der Waals surface area contributed by atoms with Crippen molar-refractivity contribution < 1.29 is 23.6 Å². The van der Waals surface area contributed by atoms with Crippen LogP contribution < -0.4 is 5.73 Å². The van der Waals surface area contributed by atoms with E-state index in [0.717, 1.165) is 21.9 Å². The molecule has 10 heteroatoms. The molecule has 0 saturated carbocycles. The Kier molecular flexibility index (Phi) is 10.9. The summed E-state index contributed by atoms with van der Waals surface area (Å²) in [6.45, 7) is 5.18. The van der Waals surface area contributed by atoms with E-state index in [1.165, 1.54) is 15.9 Å². The third-order valence-corrected chi connectivity index (χ3v) is 7.51. The zero-order valence-corrected chi connectivity index (χ0v) is 26.5. The summed E-state index contributed by atoms with van der Waals surface area (Å²) in [5, 5.41) is 5.82. The van der Waals surface area contributed by atoms with Gasteiger partial charge in [0.25, 0.3) is 5.89 Å². The molecule has 3 aromatic carbocycles. The fourth-order valence-corrected chi connectivity index (χ4v) is 4.95. The molecule has 2 atom stereocenters. The molecular weight excluding hydrogens is 570 g/mol. The lowest BCUT2D eigenvalue weighted by atomic mass is 9.98. The number of benzene rings is 3. The molecule has 0 aliphatic rings. The van der Waals surface area contributed by atoms with Crippen LogP contribution in [-0.2, 0) is 38.6 Å². The van der Waals surface area contributed by atoms with Gasteiger partial charge in [-0.15, -0.1) is 0 Å². The number of hydrogen-bond acceptors (Lipinski definition) is 8. The summed E-state index contributed by atoms with van der Waals surface area (Å²) < 4.78 is 10.6. The molecule has 1 heterocycles. The van der Waals surface area contributed by atoms with Gasteiger partial charge in [0.05, 0.1) is 0 Å². The van der Waals surface area contributed by atoms with E-state index in [4.69, 9.17) is 15.0 Å². The van der Waals surface area contributed by atoms with E-state index in [-0.39, 0.29) is 31.2 Å². The van der Waals surface area contributed by atoms with E-state index in [1.807, 2.05) is 86.6 Å². The number of likely N-dealkylation sites (N-methyl/N-ethyl adjacent to an activating group) is 2. The van der Waals surface area contributed by atoms with Crippen LogP contribution in [-0.4, -0.2) is 69.4 Å². The van der Waals surface area contributed by atoms with Crippen LogP contribution in [0.5, 0.6) is 0 Å². The predicted molar refractivity (Wildman–Crippen MR) is 172 cm³/mol. The van der Waals surface area contributed by atoms with Crippen LogP contribution >= 0.6 is 0 Å². The molecule has 0 saturated heterocycles. The molecule has 0 fully saturated rings. The van der Waals surface area contributed by atoms with Crippen LogP contribution in [0.2, 0.25) is 0 Å². The molecule has 0 spiro atoms. The number of aryl methyl sites for hydroxylation is 1. The van der Waals surface area contributed by atoms with Gasteiger partial charge in [-0.1, -0.05) is 84.0 Å². The molecule has 0 aliphatic heterocycles. The van der Waals surface area contributed by atoms with Gasteiger partial charge in [-0.25, -0.2) is 4.79 Å². The van der Waals surface area contributed by atoms with E-state index in [1.54, 1.807) is 27.1 Å². The van der Waals surface area contributed by atoms with Gasteiger partial charge in [-0.3, -0.25) is 9.59 Å². The Morgan fingerprint density at radius 1 is 0.911 bits per heavy atom. The lowest BCUT2D eigenvalue weighted by Crippen LogP contribution is -2.54. The molecule has 0 unspecified atom stereocenters. The second kappa shape index (κ2) is 14.8. The van der Waals surface area contributed by atoms with Gasteiger partial charge >= 0.3 is 5.97 Å². The minimum absolute atomic E-state index is 0.153. The van der Waals surface area contributed by atoms with Gasteiger partial charge in [0.15, 0.2) is 12.4 Å². The Labute approximate surface area is 263 Å². The highest BCUT2D eigenvalue weighted by Crippen LogP contribution is 2.21. The second-order valence-corrected chi connectivity index (χ2v) is 11.9. The van der Waals surface area contributed by atoms with Gasteiger partial charge < -0.3 is 24.8 Å². The van der Waals surface area contributed by atoms with Crippen molar-refractivity contribution in [2.75, 3.05) is 14.1 Å². The van der Waals surface area contributed by atoms with Crippen molar-refractivity contribution in [2.24, 2.45) is 5.73 Å². The SMILES string of the molecule is Cc1noc(COC(=O)[C@@H](Cc2ccccc2)N(C)C(=O)[C@@H](Cc2ccc3ccccc3c2)N(C)C(=O)C=CCC(C)(C)N)n1. The molecule has 45 heavy (non-hydrogen) atoms. The number of fused-ring (bicyclic) bond motifs is 1. The van der Waals surface area contributed by atoms with Gasteiger partial charge in [0, 0.05) is 32.5 Å². The zero-order valence-electron chi connectivity index (χ0n) is 26.5. The average molecular weight is 612 g/mol. The van der Waals surface area contributed by atoms with Gasteiger partial charge in [0.1, 0.15) is 12.1 Å². The number of nitrogens with two attached hydrogens (primary N) is 1. The molecule has 2 N–H and O–H groups in total. The number of ether oxygens (including phenoxy) is 1. The molecule has 4 aromatic rings. The third kappa shape index (κ3) is 9.33. The lowest BCUT2D eigenvalue weighted by molar-refractivity contribution is -0.157. The van der Waals surface area contributed by atoms with E-state index in [9.17, 15) is 14.4 Å². The summed E-state index contributed by atoms with van der Waals surface area (Å²) in [7, 11) is 3.16. The number of rotatable bonds is 13. The maximum absolute atomic E-state index is 14.3. The average Bonchev–Trinajstić information content (AvgIpc) is 3.44. The van der Waals surface area contributed by atoms with Crippen molar-refractivity contribution in [1.82, 2.24) is 19.9 Å². The summed E-state index contributed by atoms with van der Waals surface area (Å²) in [5.74, 6) is -0.810. The fraction of sp³-hybridized carbons (Fsp3) is 0.343. The first-order chi connectivity index (χ1) is 21.4. The minimum Gasteiger partial charge on any atom is -0.454 e. The maximum atomic E-state index is 14.3. The van der Waals surface area contributed by atoms with Crippen molar-refractivity contribution >= 4 is 28.6 Å².